The third-order valence-electron chi connectivity index (χ3n) is 2.06. The minimum absolute atomic E-state index is 0. The fourth-order valence-corrected chi connectivity index (χ4v) is 3.08. The molecule has 2 aromatic rings. The summed E-state index contributed by atoms with van der Waals surface area (Å²) < 4.78 is 0.878. The summed E-state index contributed by atoms with van der Waals surface area (Å²) in [5.41, 5.74) is 0. The van der Waals surface area contributed by atoms with E-state index in [1.807, 2.05) is 6.07 Å². The van der Waals surface area contributed by atoms with Crippen molar-refractivity contribution in [2.45, 2.75) is 13.0 Å². The maximum absolute atomic E-state index is 5.85. The molecular weight excluding hydrogens is 281 g/mol. The second-order valence-corrected chi connectivity index (χ2v) is 6.04. The van der Waals surface area contributed by atoms with Crippen LogP contribution in [0.3, 0.4) is 0 Å². The van der Waals surface area contributed by atoms with E-state index in [9.17, 15) is 0 Å². The van der Waals surface area contributed by atoms with Crippen molar-refractivity contribution in [1.82, 2.24) is 5.32 Å². The molecule has 0 atom stereocenters. The summed E-state index contributed by atoms with van der Waals surface area (Å²) in [4.78, 5) is 2.73. The number of hydrogen-bond acceptors (Lipinski definition) is 3. The Bertz CT molecular complexity index is 398. The van der Waals surface area contributed by atoms with E-state index < -0.39 is 0 Å². The van der Waals surface area contributed by atoms with Crippen LogP contribution in [0.4, 0.5) is 0 Å². The van der Waals surface area contributed by atoms with Crippen LogP contribution in [-0.4, -0.2) is 6.54 Å². The van der Waals surface area contributed by atoms with Gasteiger partial charge in [0, 0.05) is 22.8 Å². The van der Waals surface area contributed by atoms with Crippen LogP contribution in [0.5, 0.6) is 0 Å². The molecule has 1 nitrogen and oxygen atoms in total. The van der Waals surface area contributed by atoms with E-state index in [1.165, 1.54) is 9.75 Å². The van der Waals surface area contributed by atoms with Crippen molar-refractivity contribution < 1.29 is 0 Å². The van der Waals surface area contributed by atoms with Crippen LogP contribution in [0.15, 0.2) is 29.6 Å². The first-order chi connectivity index (χ1) is 7.34. The Morgan fingerprint density at radius 3 is 2.69 bits per heavy atom. The SMILES string of the molecule is Cl.Clc1ccc(CCNCc2cccs2)s1. The Balaban J connectivity index is 0.00000128. The highest BCUT2D eigenvalue weighted by molar-refractivity contribution is 7.16. The lowest BCUT2D eigenvalue weighted by Crippen LogP contribution is -2.15. The lowest BCUT2D eigenvalue weighted by Gasteiger charge is -2.00. The largest absolute Gasteiger partial charge is 0.311 e. The number of rotatable bonds is 5. The van der Waals surface area contributed by atoms with Gasteiger partial charge in [-0.2, -0.15) is 0 Å². The summed E-state index contributed by atoms with van der Waals surface area (Å²) in [6.07, 6.45) is 1.06. The predicted molar refractivity (Wildman–Crippen MR) is 76.3 cm³/mol. The molecule has 0 saturated heterocycles. The van der Waals surface area contributed by atoms with E-state index in [1.54, 1.807) is 22.7 Å². The molecule has 0 saturated carbocycles. The summed E-state index contributed by atoms with van der Waals surface area (Å²) in [6.45, 7) is 1.98. The minimum atomic E-state index is 0. The van der Waals surface area contributed by atoms with Gasteiger partial charge in [-0.05, 0) is 30.0 Å². The normalized spacial score (nSPS) is 10.1. The zero-order valence-corrected chi connectivity index (χ0v) is 11.8. The van der Waals surface area contributed by atoms with Gasteiger partial charge in [0.05, 0.1) is 4.34 Å². The Hall–Kier alpha value is -0.0600. The van der Waals surface area contributed by atoms with Gasteiger partial charge in [0.2, 0.25) is 0 Å². The van der Waals surface area contributed by atoms with Crippen LogP contribution in [0.25, 0.3) is 0 Å². The van der Waals surface area contributed by atoms with Crippen LogP contribution >= 0.6 is 46.7 Å². The lowest BCUT2D eigenvalue weighted by molar-refractivity contribution is 0.697. The van der Waals surface area contributed by atoms with Crippen molar-refractivity contribution in [2.75, 3.05) is 6.54 Å². The summed E-state index contributed by atoms with van der Waals surface area (Å²) in [7, 11) is 0. The van der Waals surface area contributed by atoms with Crippen molar-refractivity contribution in [2.24, 2.45) is 0 Å². The molecule has 16 heavy (non-hydrogen) atoms. The van der Waals surface area contributed by atoms with Gasteiger partial charge in [0.15, 0.2) is 0 Å². The molecule has 2 aromatic heterocycles. The zero-order chi connectivity index (χ0) is 10.5. The highest BCUT2D eigenvalue weighted by Gasteiger charge is 1.97. The zero-order valence-electron chi connectivity index (χ0n) is 8.61. The highest BCUT2D eigenvalue weighted by Crippen LogP contribution is 2.21. The second kappa shape index (κ2) is 7.30. The molecule has 0 amide bonds. The molecule has 0 aliphatic carbocycles. The standard InChI is InChI=1S/C11H12ClNS2.ClH/c12-11-4-3-9(15-11)5-6-13-8-10-2-1-7-14-10;/h1-4,7,13H,5-6,8H2;1H. The third kappa shape index (κ3) is 4.44. The topological polar surface area (TPSA) is 12.0 Å². The van der Waals surface area contributed by atoms with Crippen molar-refractivity contribution in [3.63, 3.8) is 0 Å². The van der Waals surface area contributed by atoms with Gasteiger partial charge in [0.1, 0.15) is 0 Å². The molecule has 1 N–H and O–H groups in total. The molecule has 0 aromatic carbocycles. The summed E-state index contributed by atoms with van der Waals surface area (Å²) in [5, 5.41) is 5.53. The molecular formula is C11H13Cl2NS2. The molecule has 88 valence electrons. The fraction of sp³-hybridized carbons (Fsp3) is 0.273. The van der Waals surface area contributed by atoms with E-state index in [4.69, 9.17) is 11.6 Å². The first kappa shape index (κ1) is 14.0. The highest BCUT2D eigenvalue weighted by atomic mass is 35.5. The van der Waals surface area contributed by atoms with Crippen LogP contribution in [-0.2, 0) is 13.0 Å². The van der Waals surface area contributed by atoms with E-state index in [2.05, 4.69) is 28.9 Å². The average molecular weight is 294 g/mol. The minimum Gasteiger partial charge on any atom is -0.311 e. The van der Waals surface area contributed by atoms with E-state index in [-0.39, 0.29) is 12.4 Å². The fourth-order valence-electron chi connectivity index (χ4n) is 1.32. The van der Waals surface area contributed by atoms with Gasteiger partial charge in [-0.1, -0.05) is 17.7 Å². The number of halogens is 2. The van der Waals surface area contributed by atoms with Crippen molar-refractivity contribution >= 4 is 46.7 Å². The lowest BCUT2D eigenvalue weighted by atomic mass is 10.3. The predicted octanol–water partition coefficient (Wildman–Crippen LogP) is 4.22. The second-order valence-electron chi connectivity index (χ2n) is 3.21. The van der Waals surface area contributed by atoms with Gasteiger partial charge in [0.25, 0.3) is 0 Å². The number of hydrogen-bond donors (Lipinski definition) is 1. The molecule has 2 heterocycles. The van der Waals surface area contributed by atoms with Gasteiger partial charge < -0.3 is 5.32 Å². The third-order valence-corrected chi connectivity index (χ3v) is 4.22. The van der Waals surface area contributed by atoms with Crippen LogP contribution in [0, 0.1) is 0 Å². The quantitative estimate of drug-likeness (QED) is 0.814. The van der Waals surface area contributed by atoms with Crippen molar-refractivity contribution in [3.8, 4) is 0 Å². The molecule has 0 fully saturated rings. The van der Waals surface area contributed by atoms with Gasteiger partial charge in [-0.3, -0.25) is 0 Å². The van der Waals surface area contributed by atoms with E-state index >= 15 is 0 Å². The van der Waals surface area contributed by atoms with Crippen LogP contribution in [0.1, 0.15) is 9.75 Å². The molecule has 0 unspecified atom stereocenters. The Morgan fingerprint density at radius 1 is 1.19 bits per heavy atom. The Morgan fingerprint density at radius 2 is 2.06 bits per heavy atom. The molecule has 0 radical (unpaired) electrons. The molecule has 0 aliphatic rings. The van der Waals surface area contributed by atoms with Gasteiger partial charge >= 0.3 is 0 Å². The monoisotopic (exact) mass is 293 g/mol. The Kier molecular flexibility index (Phi) is 6.39. The smallest absolute Gasteiger partial charge is 0.0931 e. The van der Waals surface area contributed by atoms with E-state index in [0.717, 1.165) is 23.8 Å². The van der Waals surface area contributed by atoms with Crippen molar-refractivity contribution in [1.29, 1.82) is 0 Å². The first-order valence-corrected chi connectivity index (χ1v) is 6.89. The summed E-state index contributed by atoms with van der Waals surface area (Å²) in [5.74, 6) is 0. The molecule has 5 heteroatoms. The molecule has 0 spiro atoms. The Labute approximate surface area is 115 Å². The van der Waals surface area contributed by atoms with Crippen LogP contribution in [0.2, 0.25) is 4.34 Å². The van der Waals surface area contributed by atoms with Gasteiger partial charge in [-0.25, -0.2) is 0 Å². The average Bonchev–Trinajstić information content (AvgIpc) is 2.84. The maximum atomic E-state index is 5.85. The molecule has 0 aliphatic heterocycles. The number of thiophene rings is 2. The van der Waals surface area contributed by atoms with Gasteiger partial charge in [-0.15, -0.1) is 35.1 Å². The first-order valence-electron chi connectivity index (χ1n) is 4.82. The summed E-state index contributed by atoms with van der Waals surface area (Å²) in [6, 6.07) is 8.29. The summed E-state index contributed by atoms with van der Waals surface area (Å²) >= 11 is 9.31. The van der Waals surface area contributed by atoms with E-state index in [0.29, 0.717) is 0 Å². The maximum Gasteiger partial charge on any atom is 0.0931 e. The van der Waals surface area contributed by atoms with Crippen molar-refractivity contribution in [3.05, 3.63) is 43.7 Å². The molecule has 0 bridgehead atoms. The molecule has 2 rings (SSSR count). The number of nitrogens with one attached hydrogen (secondary N) is 1. The van der Waals surface area contributed by atoms with Crippen LogP contribution < -0.4 is 5.32 Å².